The van der Waals surface area contributed by atoms with Crippen molar-refractivity contribution in [2.24, 2.45) is 0 Å². The number of halogens is 1. The molecule has 0 atom stereocenters. The van der Waals surface area contributed by atoms with Crippen LogP contribution in [0.1, 0.15) is 0 Å². The Labute approximate surface area is 141 Å². The fourth-order valence-electron chi connectivity index (χ4n) is 2.20. The normalized spacial score (nSPS) is 10.3. The fraction of sp³-hybridized carbons (Fsp3) is 0. The van der Waals surface area contributed by atoms with Gasteiger partial charge in [0.1, 0.15) is 0 Å². The minimum Gasteiger partial charge on any atom is -0.318 e. The summed E-state index contributed by atoms with van der Waals surface area (Å²) in [5.74, 6) is -1.43. The molecule has 0 heterocycles. The molecule has 0 unspecified atom stereocenters. The van der Waals surface area contributed by atoms with Crippen LogP contribution in [0.2, 0.25) is 0 Å². The number of carbonyl (C=O) groups is 2. The lowest BCUT2D eigenvalue weighted by Crippen LogP contribution is -2.29. The number of amides is 2. The third kappa shape index (κ3) is 3.57. The van der Waals surface area contributed by atoms with Crippen LogP contribution in [0.3, 0.4) is 0 Å². The molecule has 0 aliphatic rings. The smallest absolute Gasteiger partial charge is 0.314 e. The maximum absolute atomic E-state index is 12.0. The van der Waals surface area contributed by atoms with E-state index in [1.165, 1.54) is 0 Å². The molecule has 5 heteroatoms. The standard InChI is InChI=1S/C18H13BrN2O2/c19-15-7-3-4-8-16(15)21-18(23)17(22)20-14-10-9-12-5-1-2-6-13(12)11-14/h1-11H,(H,20,22)(H,21,23). The number of carbonyl (C=O) groups excluding carboxylic acids is 2. The summed E-state index contributed by atoms with van der Waals surface area (Å²) in [6.45, 7) is 0. The second kappa shape index (κ2) is 6.62. The van der Waals surface area contributed by atoms with Crippen LogP contribution in [-0.4, -0.2) is 11.8 Å². The molecule has 3 aromatic rings. The van der Waals surface area contributed by atoms with Gasteiger partial charge in [-0.25, -0.2) is 0 Å². The summed E-state index contributed by atoms with van der Waals surface area (Å²) in [6, 6.07) is 20.4. The Bertz CT molecular complexity index is 893. The molecule has 0 bridgehead atoms. The van der Waals surface area contributed by atoms with E-state index in [9.17, 15) is 9.59 Å². The minimum atomic E-state index is -0.718. The van der Waals surface area contributed by atoms with Crippen molar-refractivity contribution >= 4 is 49.9 Å². The summed E-state index contributed by atoms with van der Waals surface area (Å²) in [4.78, 5) is 24.0. The summed E-state index contributed by atoms with van der Waals surface area (Å²) >= 11 is 3.32. The van der Waals surface area contributed by atoms with Gasteiger partial charge in [0, 0.05) is 10.2 Å². The summed E-state index contributed by atoms with van der Waals surface area (Å²) in [7, 11) is 0. The molecule has 0 aliphatic carbocycles. The van der Waals surface area contributed by atoms with E-state index in [-0.39, 0.29) is 0 Å². The first-order valence-corrected chi connectivity index (χ1v) is 7.78. The molecule has 3 aromatic carbocycles. The monoisotopic (exact) mass is 368 g/mol. The Morgan fingerprint density at radius 3 is 2.17 bits per heavy atom. The lowest BCUT2D eigenvalue weighted by atomic mass is 10.1. The topological polar surface area (TPSA) is 58.2 Å². The molecule has 23 heavy (non-hydrogen) atoms. The fourth-order valence-corrected chi connectivity index (χ4v) is 2.58. The number of anilines is 2. The molecule has 0 aromatic heterocycles. The zero-order valence-electron chi connectivity index (χ0n) is 12.0. The molecular weight excluding hydrogens is 356 g/mol. The quantitative estimate of drug-likeness (QED) is 0.666. The van der Waals surface area contributed by atoms with E-state index in [0.717, 1.165) is 10.8 Å². The third-order valence-corrected chi connectivity index (χ3v) is 4.03. The zero-order valence-corrected chi connectivity index (χ0v) is 13.6. The molecule has 0 aliphatic heterocycles. The van der Waals surface area contributed by atoms with Crippen molar-refractivity contribution in [2.75, 3.05) is 10.6 Å². The number of rotatable bonds is 2. The number of hydrogen-bond donors (Lipinski definition) is 2. The molecule has 2 N–H and O–H groups in total. The highest BCUT2D eigenvalue weighted by Gasteiger charge is 2.15. The molecule has 2 amide bonds. The van der Waals surface area contributed by atoms with E-state index in [0.29, 0.717) is 15.8 Å². The van der Waals surface area contributed by atoms with Gasteiger partial charge in [-0.05, 0) is 51.0 Å². The van der Waals surface area contributed by atoms with Crippen molar-refractivity contribution in [1.82, 2.24) is 0 Å². The van der Waals surface area contributed by atoms with Crippen LogP contribution in [0.5, 0.6) is 0 Å². The second-order valence-electron chi connectivity index (χ2n) is 4.95. The van der Waals surface area contributed by atoms with Crippen LogP contribution in [-0.2, 0) is 9.59 Å². The molecular formula is C18H13BrN2O2. The van der Waals surface area contributed by atoms with Crippen molar-refractivity contribution in [3.05, 3.63) is 71.2 Å². The maximum Gasteiger partial charge on any atom is 0.314 e. The van der Waals surface area contributed by atoms with Gasteiger partial charge in [-0.15, -0.1) is 0 Å². The first-order valence-electron chi connectivity index (χ1n) is 6.99. The molecule has 3 rings (SSSR count). The number of hydrogen-bond acceptors (Lipinski definition) is 2. The van der Waals surface area contributed by atoms with E-state index in [1.54, 1.807) is 24.3 Å². The molecule has 4 nitrogen and oxygen atoms in total. The van der Waals surface area contributed by atoms with Gasteiger partial charge in [0.15, 0.2) is 0 Å². The van der Waals surface area contributed by atoms with Crippen LogP contribution in [0, 0.1) is 0 Å². The second-order valence-corrected chi connectivity index (χ2v) is 5.80. The van der Waals surface area contributed by atoms with Gasteiger partial charge in [-0.2, -0.15) is 0 Å². The Kier molecular flexibility index (Phi) is 4.39. The summed E-state index contributed by atoms with van der Waals surface area (Å²) in [5, 5.41) is 7.25. The van der Waals surface area contributed by atoms with Gasteiger partial charge < -0.3 is 10.6 Å². The Morgan fingerprint density at radius 1 is 0.739 bits per heavy atom. The molecule has 0 saturated heterocycles. The van der Waals surface area contributed by atoms with Crippen molar-refractivity contribution in [3.63, 3.8) is 0 Å². The SMILES string of the molecule is O=C(Nc1ccc2ccccc2c1)C(=O)Nc1ccccc1Br. The van der Waals surface area contributed by atoms with Crippen molar-refractivity contribution in [3.8, 4) is 0 Å². The van der Waals surface area contributed by atoms with Gasteiger partial charge in [-0.3, -0.25) is 9.59 Å². The number of benzene rings is 3. The molecule has 0 saturated carbocycles. The lowest BCUT2D eigenvalue weighted by Gasteiger charge is -2.08. The van der Waals surface area contributed by atoms with E-state index < -0.39 is 11.8 Å². The van der Waals surface area contributed by atoms with Gasteiger partial charge in [0.2, 0.25) is 0 Å². The molecule has 114 valence electrons. The Balaban J connectivity index is 1.72. The van der Waals surface area contributed by atoms with E-state index >= 15 is 0 Å². The number of nitrogens with one attached hydrogen (secondary N) is 2. The predicted molar refractivity (Wildman–Crippen MR) is 95.3 cm³/mol. The van der Waals surface area contributed by atoms with Crippen molar-refractivity contribution in [2.45, 2.75) is 0 Å². The highest BCUT2D eigenvalue weighted by atomic mass is 79.9. The van der Waals surface area contributed by atoms with Gasteiger partial charge >= 0.3 is 11.8 Å². The predicted octanol–water partition coefficient (Wildman–Crippen LogP) is 4.18. The molecule has 0 radical (unpaired) electrons. The zero-order chi connectivity index (χ0) is 16.2. The summed E-state index contributed by atoms with van der Waals surface area (Å²) in [6.07, 6.45) is 0. The first-order chi connectivity index (χ1) is 11.1. The summed E-state index contributed by atoms with van der Waals surface area (Å²) < 4.78 is 0.715. The largest absolute Gasteiger partial charge is 0.318 e. The van der Waals surface area contributed by atoms with Crippen LogP contribution in [0.4, 0.5) is 11.4 Å². The van der Waals surface area contributed by atoms with Gasteiger partial charge in [0.05, 0.1) is 5.69 Å². The van der Waals surface area contributed by atoms with E-state index in [2.05, 4.69) is 26.6 Å². The Hall–Kier alpha value is -2.66. The molecule has 0 fully saturated rings. The number of para-hydroxylation sites is 1. The van der Waals surface area contributed by atoms with Crippen LogP contribution < -0.4 is 10.6 Å². The Morgan fingerprint density at radius 2 is 1.39 bits per heavy atom. The first kappa shape index (κ1) is 15.2. The lowest BCUT2D eigenvalue weighted by molar-refractivity contribution is -0.133. The average Bonchev–Trinajstić information content (AvgIpc) is 2.56. The van der Waals surface area contributed by atoms with Gasteiger partial charge in [-0.1, -0.05) is 42.5 Å². The van der Waals surface area contributed by atoms with Gasteiger partial charge in [0.25, 0.3) is 0 Å². The third-order valence-electron chi connectivity index (χ3n) is 3.34. The van der Waals surface area contributed by atoms with Crippen LogP contribution in [0.15, 0.2) is 71.2 Å². The van der Waals surface area contributed by atoms with E-state index in [1.807, 2.05) is 42.5 Å². The van der Waals surface area contributed by atoms with E-state index in [4.69, 9.17) is 0 Å². The average molecular weight is 369 g/mol. The number of fused-ring (bicyclic) bond motifs is 1. The van der Waals surface area contributed by atoms with Crippen LogP contribution >= 0.6 is 15.9 Å². The summed E-state index contributed by atoms with van der Waals surface area (Å²) in [5.41, 5.74) is 1.13. The van der Waals surface area contributed by atoms with Crippen LogP contribution in [0.25, 0.3) is 10.8 Å². The van der Waals surface area contributed by atoms with Crippen molar-refractivity contribution < 1.29 is 9.59 Å². The minimum absolute atomic E-state index is 0.547. The molecule has 0 spiro atoms. The maximum atomic E-state index is 12.0. The highest BCUT2D eigenvalue weighted by Crippen LogP contribution is 2.21. The highest BCUT2D eigenvalue weighted by molar-refractivity contribution is 9.10. The van der Waals surface area contributed by atoms with Crippen molar-refractivity contribution in [1.29, 1.82) is 0 Å².